The highest BCUT2D eigenvalue weighted by Crippen LogP contribution is 2.38. The van der Waals surface area contributed by atoms with Gasteiger partial charge in [0.2, 0.25) is 5.91 Å². The standard InChI is InChI=1S/C19H27N3O3/c1-14-12-20-6-8-21(14)13-19(23)22-7-2-3-16(22)15-4-5-17-18(11-15)25-10-9-24-17/h4-5,11,14,16,20H,2-3,6-10,12-13H2,1H3/t14-,16?/m1/s1. The van der Waals surface area contributed by atoms with E-state index in [0.717, 1.165) is 56.1 Å². The van der Waals surface area contributed by atoms with Gasteiger partial charge in [0.15, 0.2) is 11.5 Å². The van der Waals surface area contributed by atoms with E-state index in [2.05, 4.69) is 34.2 Å². The zero-order valence-electron chi connectivity index (χ0n) is 14.9. The van der Waals surface area contributed by atoms with Crippen molar-refractivity contribution in [2.24, 2.45) is 0 Å². The number of hydrogen-bond donors (Lipinski definition) is 1. The van der Waals surface area contributed by atoms with E-state index in [1.54, 1.807) is 0 Å². The molecule has 1 unspecified atom stereocenters. The Kier molecular flexibility index (Phi) is 4.81. The van der Waals surface area contributed by atoms with Crippen LogP contribution in [0.1, 0.15) is 31.4 Å². The molecule has 0 aromatic heterocycles. The molecule has 6 heteroatoms. The summed E-state index contributed by atoms with van der Waals surface area (Å²) in [6.07, 6.45) is 2.07. The number of piperazine rings is 1. The molecule has 4 rings (SSSR count). The number of nitrogens with zero attached hydrogens (tertiary/aromatic N) is 2. The molecule has 0 radical (unpaired) electrons. The molecule has 0 saturated carbocycles. The number of carbonyl (C=O) groups is 1. The van der Waals surface area contributed by atoms with Crippen LogP contribution in [0, 0.1) is 0 Å². The van der Waals surface area contributed by atoms with Crippen LogP contribution in [-0.4, -0.2) is 67.7 Å². The van der Waals surface area contributed by atoms with Gasteiger partial charge in [0.1, 0.15) is 13.2 Å². The van der Waals surface area contributed by atoms with E-state index in [9.17, 15) is 4.79 Å². The maximum atomic E-state index is 12.9. The van der Waals surface area contributed by atoms with Gasteiger partial charge in [-0.3, -0.25) is 9.69 Å². The molecule has 6 nitrogen and oxygen atoms in total. The molecule has 1 aromatic carbocycles. The van der Waals surface area contributed by atoms with Crippen LogP contribution in [0.25, 0.3) is 0 Å². The van der Waals surface area contributed by atoms with Gasteiger partial charge in [-0.05, 0) is 37.5 Å². The van der Waals surface area contributed by atoms with Crippen LogP contribution in [-0.2, 0) is 4.79 Å². The van der Waals surface area contributed by atoms with Crippen LogP contribution in [0.2, 0.25) is 0 Å². The van der Waals surface area contributed by atoms with Crippen molar-refractivity contribution in [1.29, 1.82) is 0 Å². The van der Waals surface area contributed by atoms with Crippen molar-refractivity contribution >= 4 is 5.91 Å². The van der Waals surface area contributed by atoms with Crippen molar-refractivity contribution in [1.82, 2.24) is 15.1 Å². The Bertz CT molecular complexity index is 636. The van der Waals surface area contributed by atoms with Crippen LogP contribution in [0.5, 0.6) is 11.5 Å². The third-order valence-corrected chi connectivity index (χ3v) is 5.50. The summed E-state index contributed by atoms with van der Waals surface area (Å²) in [6, 6.07) is 6.67. The lowest BCUT2D eigenvalue weighted by molar-refractivity contribution is -0.134. The number of amides is 1. The Balaban J connectivity index is 1.47. The third kappa shape index (κ3) is 3.46. The average Bonchev–Trinajstić information content (AvgIpc) is 3.13. The summed E-state index contributed by atoms with van der Waals surface area (Å²) >= 11 is 0. The smallest absolute Gasteiger partial charge is 0.237 e. The Morgan fingerprint density at radius 2 is 2.08 bits per heavy atom. The van der Waals surface area contributed by atoms with E-state index in [1.807, 2.05) is 6.07 Å². The van der Waals surface area contributed by atoms with Gasteiger partial charge in [-0.15, -0.1) is 0 Å². The molecule has 0 bridgehead atoms. The molecule has 2 fully saturated rings. The monoisotopic (exact) mass is 345 g/mol. The highest BCUT2D eigenvalue weighted by molar-refractivity contribution is 5.79. The van der Waals surface area contributed by atoms with E-state index in [1.165, 1.54) is 0 Å². The highest BCUT2D eigenvalue weighted by atomic mass is 16.6. The molecule has 1 amide bonds. The second-order valence-electron chi connectivity index (χ2n) is 7.17. The maximum Gasteiger partial charge on any atom is 0.237 e. The Morgan fingerprint density at radius 1 is 1.24 bits per heavy atom. The first-order valence-electron chi connectivity index (χ1n) is 9.36. The van der Waals surface area contributed by atoms with Crippen molar-refractivity contribution in [2.45, 2.75) is 31.8 Å². The summed E-state index contributed by atoms with van der Waals surface area (Å²) in [5.41, 5.74) is 1.16. The van der Waals surface area contributed by atoms with Crippen LogP contribution < -0.4 is 14.8 Å². The molecular weight excluding hydrogens is 318 g/mol. The third-order valence-electron chi connectivity index (χ3n) is 5.50. The number of carbonyl (C=O) groups excluding carboxylic acids is 1. The minimum Gasteiger partial charge on any atom is -0.486 e. The van der Waals surface area contributed by atoms with Crippen LogP contribution >= 0.6 is 0 Å². The highest BCUT2D eigenvalue weighted by Gasteiger charge is 2.32. The molecule has 3 aliphatic rings. The second kappa shape index (κ2) is 7.22. The summed E-state index contributed by atoms with van der Waals surface area (Å²) in [7, 11) is 0. The lowest BCUT2D eigenvalue weighted by Crippen LogP contribution is -2.53. The van der Waals surface area contributed by atoms with Gasteiger partial charge in [0.25, 0.3) is 0 Å². The maximum absolute atomic E-state index is 12.9. The van der Waals surface area contributed by atoms with E-state index < -0.39 is 0 Å². The van der Waals surface area contributed by atoms with E-state index in [0.29, 0.717) is 25.8 Å². The molecule has 25 heavy (non-hydrogen) atoms. The van der Waals surface area contributed by atoms with E-state index >= 15 is 0 Å². The first-order valence-corrected chi connectivity index (χ1v) is 9.36. The summed E-state index contributed by atoms with van der Waals surface area (Å²) in [6.45, 7) is 7.59. The average molecular weight is 345 g/mol. The fraction of sp³-hybridized carbons (Fsp3) is 0.632. The van der Waals surface area contributed by atoms with Crippen LogP contribution in [0.3, 0.4) is 0 Å². The van der Waals surface area contributed by atoms with Crippen molar-refractivity contribution < 1.29 is 14.3 Å². The molecule has 1 N–H and O–H groups in total. The summed E-state index contributed by atoms with van der Waals surface area (Å²) in [4.78, 5) is 17.3. The van der Waals surface area contributed by atoms with Crippen molar-refractivity contribution in [3.8, 4) is 11.5 Å². The summed E-state index contributed by atoms with van der Waals surface area (Å²) < 4.78 is 11.3. The Hall–Kier alpha value is -1.79. The predicted octanol–water partition coefficient (Wildman–Crippen LogP) is 1.42. The fourth-order valence-electron chi connectivity index (χ4n) is 4.06. The molecule has 0 aliphatic carbocycles. The second-order valence-corrected chi connectivity index (χ2v) is 7.17. The topological polar surface area (TPSA) is 54.0 Å². The van der Waals surface area contributed by atoms with Crippen molar-refractivity contribution in [3.63, 3.8) is 0 Å². The van der Waals surface area contributed by atoms with Gasteiger partial charge in [-0.25, -0.2) is 0 Å². The van der Waals surface area contributed by atoms with Gasteiger partial charge in [0.05, 0.1) is 12.6 Å². The van der Waals surface area contributed by atoms with Gasteiger partial charge in [0, 0.05) is 32.2 Å². The molecule has 136 valence electrons. The quantitative estimate of drug-likeness (QED) is 0.898. The lowest BCUT2D eigenvalue weighted by atomic mass is 10.0. The number of benzene rings is 1. The van der Waals surface area contributed by atoms with Crippen molar-refractivity contribution in [2.75, 3.05) is 45.9 Å². The van der Waals surface area contributed by atoms with Gasteiger partial charge >= 0.3 is 0 Å². The van der Waals surface area contributed by atoms with Crippen molar-refractivity contribution in [3.05, 3.63) is 23.8 Å². The van der Waals surface area contributed by atoms with Gasteiger partial charge in [-0.1, -0.05) is 6.07 Å². The number of rotatable bonds is 3. The lowest BCUT2D eigenvalue weighted by Gasteiger charge is -2.35. The molecule has 2 atom stereocenters. The van der Waals surface area contributed by atoms with Gasteiger partial charge in [-0.2, -0.15) is 0 Å². The molecule has 1 aromatic rings. The zero-order valence-corrected chi connectivity index (χ0v) is 14.9. The Morgan fingerprint density at radius 3 is 2.92 bits per heavy atom. The number of fused-ring (bicyclic) bond motifs is 1. The Labute approximate surface area is 149 Å². The predicted molar refractivity (Wildman–Crippen MR) is 95.0 cm³/mol. The minimum atomic E-state index is 0.154. The number of likely N-dealkylation sites (tertiary alicyclic amines) is 1. The van der Waals surface area contributed by atoms with E-state index in [4.69, 9.17) is 9.47 Å². The van der Waals surface area contributed by atoms with Crippen LogP contribution in [0.4, 0.5) is 0 Å². The first-order chi connectivity index (χ1) is 12.2. The van der Waals surface area contributed by atoms with Crippen LogP contribution in [0.15, 0.2) is 18.2 Å². The fourth-order valence-corrected chi connectivity index (χ4v) is 4.06. The molecule has 0 spiro atoms. The molecular formula is C19H27N3O3. The zero-order chi connectivity index (χ0) is 17.2. The number of nitrogens with one attached hydrogen (secondary N) is 1. The summed E-state index contributed by atoms with van der Waals surface area (Å²) in [5, 5.41) is 3.38. The SMILES string of the molecule is C[C@@H]1CNCCN1CC(=O)N1CCCC1c1ccc2c(c1)OCCO2. The van der Waals surface area contributed by atoms with Gasteiger partial charge < -0.3 is 19.7 Å². The van der Waals surface area contributed by atoms with E-state index in [-0.39, 0.29) is 11.9 Å². The molecule has 3 aliphatic heterocycles. The molecule has 3 heterocycles. The number of ether oxygens (including phenoxy) is 2. The summed E-state index contributed by atoms with van der Waals surface area (Å²) in [5.74, 6) is 1.85. The largest absolute Gasteiger partial charge is 0.486 e. The normalized spacial score (nSPS) is 26.7. The first kappa shape index (κ1) is 16.7. The minimum absolute atomic E-state index is 0.154. The number of hydrogen-bond acceptors (Lipinski definition) is 5. The molecule has 2 saturated heterocycles.